The summed E-state index contributed by atoms with van der Waals surface area (Å²) in [4.78, 5) is 63.3. The number of nitrogens with zero attached hydrogens (tertiary/aromatic N) is 5. The molecule has 5 atom stereocenters. The van der Waals surface area contributed by atoms with E-state index < -0.39 is 36.7 Å². The van der Waals surface area contributed by atoms with Crippen molar-refractivity contribution in [1.29, 1.82) is 0 Å². The number of aldehydes is 1. The minimum absolute atomic E-state index is 0.0123. The van der Waals surface area contributed by atoms with Gasteiger partial charge in [-0.15, -0.1) is 0 Å². The monoisotopic (exact) mass is 857 g/mol. The molecule has 1 aromatic heterocycles. The van der Waals surface area contributed by atoms with Gasteiger partial charge in [-0.1, -0.05) is 19.1 Å². The summed E-state index contributed by atoms with van der Waals surface area (Å²) in [5.74, 6) is -1.72. The second-order valence-electron chi connectivity index (χ2n) is 18.6. The number of fused-ring (bicyclic) bond motifs is 5. The van der Waals surface area contributed by atoms with Crippen LogP contribution in [0.4, 0.5) is 23.2 Å². The fraction of sp³-hybridized carbons (Fsp3) is 0.532. The first kappa shape index (κ1) is 42.3. The Kier molecular flexibility index (Phi) is 11.3. The number of likely N-dealkylation sites (tertiary alicyclic amines) is 1. The van der Waals surface area contributed by atoms with Crippen molar-refractivity contribution in [2.45, 2.75) is 109 Å². The van der Waals surface area contributed by atoms with Crippen molar-refractivity contribution in [3.63, 3.8) is 0 Å². The lowest BCUT2D eigenvalue weighted by Crippen LogP contribution is -2.46. The van der Waals surface area contributed by atoms with E-state index in [0.29, 0.717) is 69.2 Å². The van der Waals surface area contributed by atoms with Gasteiger partial charge in [-0.25, -0.2) is 17.6 Å². The van der Waals surface area contributed by atoms with E-state index >= 15 is 8.78 Å². The summed E-state index contributed by atoms with van der Waals surface area (Å²) in [6.45, 7) is 7.20. The molecule has 2 saturated heterocycles. The topological polar surface area (TPSA) is 112 Å². The van der Waals surface area contributed by atoms with Crippen LogP contribution in [0, 0.1) is 17.0 Å². The number of hydrogen-bond acceptors (Lipinski definition) is 7. The number of halogens is 4. The SMILES string of the molecule is CNC(=O)CCC(C=O)N1Cc2cc3c(cc2C1=O)CN(CC(=O)N1CCC2(CCCN(c4cc(F)c(C5c6[nH]c7c(c6C[C@@H](C)N5CC(F)F)C(C)CC=C7)c(F)c4)C2)C1)C3. The van der Waals surface area contributed by atoms with Crippen molar-refractivity contribution in [1.82, 2.24) is 29.9 Å². The molecule has 2 aromatic carbocycles. The third-order valence-corrected chi connectivity index (χ3v) is 14.6. The highest BCUT2D eigenvalue weighted by atomic mass is 19.3. The Hall–Kier alpha value is -5.02. The first-order valence-electron chi connectivity index (χ1n) is 22.1. The molecule has 15 heteroatoms. The molecule has 2 N–H and O–H groups in total. The summed E-state index contributed by atoms with van der Waals surface area (Å²) >= 11 is 0. The van der Waals surface area contributed by atoms with Crippen LogP contribution in [0.2, 0.25) is 0 Å². The number of H-pyrrole nitrogens is 1. The van der Waals surface area contributed by atoms with Gasteiger partial charge in [0.2, 0.25) is 11.8 Å². The molecule has 1 aliphatic carbocycles. The van der Waals surface area contributed by atoms with E-state index in [1.165, 1.54) is 29.0 Å². The average Bonchev–Trinajstić information content (AvgIpc) is 4.01. The van der Waals surface area contributed by atoms with Crippen molar-refractivity contribution < 1.29 is 36.7 Å². The molecule has 5 aliphatic heterocycles. The Morgan fingerprint density at radius 2 is 1.74 bits per heavy atom. The second kappa shape index (κ2) is 16.6. The molecule has 9 rings (SSSR count). The second-order valence-corrected chi connectivity index (χ2v) is 18.6. The summed E-state index contributed by atoms with van der Waals surface area (Å²) in [7, 11) is 1.53. The number of aromatic amines is 1. The van der Waals surface area contributed by atoms with E-state index in [1.807, 2.05) is 34.9 Å². The molecule has 11 nitrogen and oxygen atoms in total. The van der Waals surface area contributed by atoms with E-state index in [2.05, 4.69) is 28.2 Å². The molecule has 62 heavy (non-hydrogen) atoms. The molecular formula is C47H55F4N7O4. The number of amides is 3. The van der Waals surface area contributed by atoms with E-state index in [4.69, 9.17) is 0 Å². The first-order chi connectivity index (χ1) is 29.8. The van der Waals surface area contributed by atoms with Gasteiger partial charge in [0.1, 0.15) is 17.9 Å². The van der Waals surface area contributed by atoms with E-state index in [9.17, 15) is 28.0 Å². The molecule has 1 spiro atoms. The predicted molar refractivity (Wildman–Crippen MR) is 226 cm³/mol. The number of rotatable bonds is 11. The largest absolute Gasteiger partial charge is 0.371 e. The molecule has 0 bridgehead atoms. The lowest BCUT2D eigenvalue weighted by Gasteiger charge is -2.43. The van der Waals surface area contributed by atoms with Crippen LogP contribution >= 0.6 is 0 Å². The van der Waals surface area contributed by atoms with Gasteiger partial charge in [-0.3, -0.25) is 24.2 Å². The summed E-state index contributed by atoms with van der Waals surface area (Å²) in [6.07, 6.45) is 6.29. The maximum Gasteiger partial charge on any atom is 0.255 e. The van der Waals surface area contributed by atoms with Gasteiger partial charge in [0.05, 0.1) is 25.2 Å². The number of anilines is 1. The number of aromatic nitrogens is 1. The van der Waals surface area contributed by atoms with Crippen molar-refractivity contribution >= 4 is 35.8 Å². The van der Waals surface area contributed by atoms with Crippen LogP contribution in [0.15, 0.2) is 30.3 Å². The summed E-state index contributed by atoms with van der Waals surface area (Å²) in [5, 5.41) is 2.55. The van der Waals surface area contributed by atoms with Crippen LogP contribution in [-0.2, 0) is 40.4 Å². The lowest BCUT2D eigenvalue weighted by molar-refractivity contribution is -0.132. The molecule has 6 aliphatic rings. The van der Waals surface area contributed by atoms with Crippen molar-refractivity contribution in [2.24, 2.45) is 5.41 Å². The number of nitrogens with one attached hydrogen (secondary N) is 2. The highest BCUT2D eigenvalue weighted by molar-refractivity contribution is 6.00. The standard InChI is InChI=1S/C47H55F4N7O4/c1-27-6-4-7-38-42(27)35-14-28(2)57(22-39(50)51)45(44(35)53-38)43-36(48)17-33(18-37(43)49)55-12-5-10-47(25-55)11-13-56(26-47)41(61)23-54-19-29-15-31-21-58(32(24-59)8-9-40(60)52-3)46(62)34(31)16-30(29)20-54/h4,7,15-18,24,27-28,32,39,45,53H,5-6,8-14,19-23,25-26H2,1-3H3,(H,52,60)/t27?,28-,32?,45?,47?/m1/s1. The molecule has 0 radical (unpaired) electrons. The number of hydrogen-bond donors (Lipinski definition) is 2. The highest BCUT2D eigenvalue weighted by Gasteiger charge is 2.45. The molecule has 2 fully saturated rings. The first-order valence-corrected chi connectivity index (χ1v) is 22.1. The van der Waals surface area contributed by atoms with Crippen LogP contribution in [-0.4, -0.2) is 113 Å². The Labute approximate surface area is 359 Å². The van der Waals surface area contributed by atoms with Gasteiger partial charge in [0.25, 0.3) is 12.3 Å². The molecule has 0 saturated carbocycles. The lowest BCUT2D eigenvalue weighted by atomic mass is 9.79. The quantitative estimate of drug-likeness (QED) is 0.172. The Morgan fingerprint density at radius 3 is 2.47 bits per heavy atom. The number of benzene rings is 2. The van der Waals surface area contributed by atoms with Crippen LogP contribution in [0.3, 0.4) is 0 Å². The van der Waals surface area contributed by atoms with Gasteiger partial charge in [0, 0.05) is 98.9 Å². The minimum Gasteiger partial charge on any atom is -0.371 e. The minimum atomic E-state index is -2.68. The molecular weight excluding hydrogens is 803 g/mol. The Bertz CT molecular complexity index is 2310. The molecule has 3 aromatic rings. The number of alkyl halides is 2. The van der Waals surface area contributed by atoms with Crippen molar-refractivity contribution in [3.8, 4) is 0 Å². The van der Waals surface area contributed by atoms with Gasteiger partial charge in [0.15, 0.2) is 0 Å². The number of carbonyl (C=O) groups is 4. The predicted octanol–water partition coefficient (Wildman–Crippen LogP) is 6.30. The van der Waals surface area contributed by atoms with Crippen molar-refractivity contribution in [2.75, 3.05) is 51.2 Å². The Morgan fingerprint density at radius 1 is 0.984 bits per heavy atom. The maximum absolute atomic E-state index is 16.6. The van der Waals surface area contributed by atoms with E-state index in [0.717, 1.165) is 65.5 Å². The normalized spacial score (nSPS) is 25.1. The fourth-order valence-corrected chi connectivity index (χ4v) is 11.4. The summed E-state index contributed by atoms with van der Waals surface area (Å²) in [6, 6.07) is 4.53. The van der Waals surface area contributed by atoms with Gasteiger partial charge < -0.3 is 29.8 Å². The third-order valence-electron chi connectivity index (χ3n) is 14.6. The fourth-order valence-electron chi connectivity index (χ4n) is 11.4. The molecule has 3 amide bonds. The van der Waals surface area contributed by atoms with Gasteiger partial charge >= 0.3 is 0 Å². The van der Waals surface area contributed by atoms with Gasteiger partial charge in [-0.05, 0) is 103 Å². The third kappa shape index (κ3) is 7.62. The maximum atomic E-state index is 16.6. The number of carbonyl (C=O) groups excluding carboxylic acids is 4. The van der Waals surface area contributed by atoms with Crippen LogP contribution < -0.4 is 10.2 Å². The summed E-state index contributed by atoms with van der Waals surface area (Å²) < 4.78 is 61.3. The van der Waals surface area contributed by atoms with Crippen molar-refractivity contribution in [3.05, 3.63) is 92.3 Å². The number of allylic oxidation sites excluding steroid dienone is 1. The molecule has 4 unspecified atom stereocenters. The smallest absolute Gasteiger partial charge is 0.255 e. The zero-order valence-corrected chi connectivity index (χ0v) is 35.6. The van der Waals surface area contributed by atoms with Crippen LogP contribution in [0.25, 0.3) is 6.08 Å². The van der Waals surface area contributed by atoms with E-state index in [1.54, 1.807) is 0 Å². The van der Waals surface area contributed by atoms with E-state index in [-0.39, 0.29) is 60.0 Å². The molecule has 6 heterocycles. The van der Waals surface area contributed by atoms with Crippen LogP contribution in [0.5, 0.6) is 0 Å². The van der Waals surface area contributed by atoms with Gasteiger partial charge in [-0.2, -0.15) is 0 Å². The average molecular weight is 858 g/mol. The zero-order chi connectivity index (χ0) is 43.6. The zero-order valence-electron chi connectivity index (χ0n) is 35.6. The number of piperidine rings is 1. The Balaban J connectivity index is 0.860. The molecule has 330 valence electrons. The highest BCUT2D eigenvalue weighted by Crippen LogP contribution is 2.47. The summed E-state index contributed by atoms with van der Waals surface area (Å²) in [5.41, 5.74) is 6.93. The van der Waals surface area contributed by atoms with Crippen LogP contribution in [0.1, 0.15) is 119 Å².